The quantitative estimate of drug-likeness (QED) is 0.884. The van der Waals surface area contributed by atoms with Gasteiger partial charge in [-0.05, 0) is 49.9 Å². The van der Waals surface area contributed by atoms with Crippen LogP contribution in [0.5, 0.6) is 0 Å². The number of nitrogens with one attached hydrogen (secondary N) is 2. The van der Waals surface area contributed by atoms with E-state index >= 15 is 0 Å². The van der Waals surface area contributed by atoms with Crippen molar-refractivity contribution in [1.82, 2.24) is 10.6 Å². The first-order valence-electron chi connectivity index (χ1n) is 7.47. The molecular formula is C16H21FN2O. The maximum atomic E-state index is 13.3. The van der Waals surface area contributed by atoms with Crippen molar-refractivity contribution in [2.45, 2.75) is 43.6 Å². The summed E-state index contributed by atoms with van der Waals surface area (Å²) in [5, 5.41) is 6.30. The molecule has 2 fully saturated rings. The average Bonchev–Trinajstić information content (AvgIpc) is 3.27. The molecule has 1 amide bonds. The lowest BCUT2D eigenvalue weighted by Crippen LogP contribution is -2.48. The maximum absolute atomic E-state index is 13.3. The van der Waals surface area contributed by atoms with Gasteiger partial charge in [-0.3, -0.25) is 4.79 Å². The van der Waals surface area contributed by atoms with Gasteiger partial charge >= 0.3 is 0 Å². The van der Waals surface area contributed by atoms with E-state index in [0.717, 1.165) is 44.2 Å². The predicted molar refractivity (Wildman–Crippen MR) is 76.0 cm³/mol. The lowest BCUT2D eigenvalue weighted by Gasteiger charge is -2.24. The SMILES string of the molecule is O=C(NCC1(c2cccc(F)c2)CC1)C1CCCCN1. The van der Waals surface area contributed by atoms with Crippen LogP contribution in [0, 0.1) is 5.82 Å². The third-order valence-corrected chi connectivity index (χ3v) is 4.52. The highest BCUT2D eigenvalue weighted by Gasteiger charge is 2.44. The Bertz CT molecular complexity index is 493. The maximum Gasteiger partial charge on any atom is 0.237 e. The number of hydrogen-bond donors (Lipinski definition) is 2. The number of rotatable bonds is 4. The summed E-state index contributed by atoms with van der Waals surface area (Å²) in [6.07, 6.45) is 5.22. The van der Waals surface area contributed by atoms with Crippen LogP contribution in [0.2, 0.25) is 0 Å². The van der Waals surface area contributed by atoms with Crippen LogP contribution in [0.25, 0.3) is 0 Å². The Morgan fingerprint density at radius 2 is 2.25 bits per heavy atom. The second-order valence-electron chi connectivity index (χ2n) is 6.01. The van der Waals surface area contributed by atoms with Crippen LogP contribution in [0.4, 0.5) is 4.39 Å². The lowest BCUT2D eigenvalue weighted by molar-refractivity contribution is -0.123. The zero-order valence-electron chi connectivity index (χ0n) is 11.6. The van der Waals surface area contributed by atoms with Crippen molar-refractivity contribution in [2.75, 3.05) is 13.1 Å². The molecule has 0 spiro atoms. The molecule has 1 aromatic carbocycles. The fourth-order valence-corrected chi connectivity index (χ4v) is 2.99. The van der Waals surface area contributed by atoms with Gasteiger partial charge in [-0.15, -0.1) is 0 Å². The number of piperidine rings is 1. The minimum atomic E-state index is -0.200. The van der Waals surface area contributed by atoms with Crippen LogP contribution in [-0.4, -0.2) is 25.0 Å². The molecule has 1 heterocycles. The molecule has 1 aliphatic carbocycles. The Kier molecular flexibility index (Phi) is 3.74. The molecule has 4 heteroatoms. The topological polar surface area (TPSA) is 41.1 Å². The van der Waals surface area contributed by atoms with Gasteiger partial charge in [-0.1, -0.05) is 18.6 Å². The average molecular weight is 276 g/mol. The van der Waals surface area contributed by atoms with Crippen molar-refractivity contribution in [3.05, 3.63) is 35.6 Å². The fraction of sp³-hybridized carbons (Fsp3) is 0.562. The first-order valence-corrected chi connectivity index (χ1v) is 7.47. The van der Waals surface area contributed by atoms with Gasteiger partial charge in [0.05, 0.1) is 6.04 Å². The molecule has 1 saturated carbocycles. The minimum absolute atomic E-state index is 0.0353. The first kappa shape index (κ1) is 13.6. The second kappa shape index (κ2) is 5.52. The third-order valence-electron chi connectivity index (χ3n) is 4.52. The third kappa shape index (κ3) is 2.85. The van der Waals surface area contributed by atoms with E-state index in [-0.39, 0.29) is 23.2 Å². The largest absolute Gasteiger partial charge is 0.354 e. The molecule has 0 radical (unpaired) electrons. The molecule has 2 N–H and O–H groups in total. The number of halogens is 1. The van der Waals surface area contributed by atoms with Gasteiger partial charge in [-0.25, -0.2) is 4.39 Å². The van der Waals surface area contributed by atoms with E-state index in [1.165, 1.54) is 6.07 Å². The molecular weight excluding hydrogens is 255 g/mol. The summed E-state index contributed by atoms with van der Waals surface area (Å²) < 4.78 is 13.3. The van der Waals surface area contributed by atoms with Crippen LogP contribution < -0.4 is 10.6 Å². The molecule has 1 atom stereocenters. The van der Waals surface area contributed by atoms with Crippen molar-refractivity contribution in [3.8, 4) is 0 Å². The summed E-state index contributed by atoms with van der Waals surface area (Å²) >= 11 is 0. The molecule has 0 aromatic heterocycles. The molecule has 3 nitrogen and oxygen atoms in total. The fourth-order valence-electron chi connectivity index (χ4n) is 2.99. The predicted octanol–water partition coefficient (Wildman–Crippen LogP) is 2.12. The lowest BCUT2D eigenvalue weighted by atomic mass is 9.95. The second-order valence-corrected chi connectivity index (χ2v) is 6.01. The van der Waals surface area contributed by atoms with E-state index in [1.807, 2.05) is 6.07 Å². The van der Waals surface area contributed by atoms with E-state index < -0.39 is 0 Å². The van der Waals surface area contributed by atoms with Crippen molar-refractivity contribution in [2.24, 2.45) is 0 Å². The monoisotopic (exact) mass is 276 g/mol. The minimum Gasteiger partial charge on any atom is -0.354 e. The number of carbonyl (C=O) groups is 1. The van der Waals surface area contributed by atoms with E-state index in [2.05, 4.69) is 10.6 Å². The summed E-state index contributed by atoms with van der Waals surface area (Å²) in [6, 6.07) is 6.71. The van der Waals surface area contributed by atoms with Gasteiger partial charge in [0, 0.05) is 12.0 Å². The highest BCUT2D eigenvalue weighted by Crippen LogP contribution is 2.47. The van der Waals surface area contributed by atoms with Gasteiger partial charge in [0.25, 0.3) is 0 Å². The number of amides is 1. The van der Waals surface area contributed by atoms with Crippen LogP contribution in [-0.2, 0) is 10.2 Å². The highest BCUT2D eigenvalue weighted by molar-refractivity contribution is 5.82. The molecule has 2 aliphatic rings. The number of carbonyl (C=O) groups excluding carboxylic acids is 1. The summed E-state index contributed by atoms with van der Waals surface area (Å²) in [5.41, 5.74) is 0.973. The first-order chi connectivity index (χ1) is 9.70. The smallest absolute Gasteiger partial charge is 0.237 e. The van der Waals surface area contributed by atoms with E-state index in [1.54, 1.807) is 12.1 Å². The normalized spacial score (nSPS) is 24.1. The van der Waals surface area contributed by atoms with E-state index in [0.29, 0.717) is 6.54 Å². The van der Waals surface area contributed by atoms with E-state index in [4.69, 9.17) is 0 Å². The van der Waals surface area contributed by atoms with Crippen molar-refractivity contribution >= 4 is 5.91 Å². The van der Waals surface area contributed by atoms with Crippen LogP contribution in [0.1, 0.15) is 37.7 Å². The molecule has 1 unspecified atom stereocenters. The molecule has 108 valence electrons. The molecule has 1 aromatic rings. The Hall–Kier alpha value is -1.42. The molecule has 3 rings (SSSR count). The van der Waals surface area contributed by atoms with Crippen molar-refractivity contribution in [3.63, 3.8) is 0 Å². The van der Waals surface area contributed by atoms with Crippen LogP contribution in [0.3, 0.4) is 0 Å². The highest BCUT2D eigenvalue weighted by atomic mass is 19.1. The Labute approximate surface area is 118 Å². The zero-order valence-corrected chi connectivity index (χ0v) is 11.6. The molecule has 1 aliphatic heterocycles. The van der Waals surface area contributed by atoms with E-state index in [9.17, 15) is 9.18 Å². The van der Waals surface area contributed by atoms with Gasteiger partial charge in [0.1, 0.15) is 5.82 Å². The van der Waals surface area contributed by atoms with Crippen LogP contribution >= 0.6 is 0 Å². The number of benzene rings is 1. The van der Waals surface area contributed by atoms with Crippen LogP contribution in [0.15, 0.2) is 24.3 Å². The Morgan fingerprint density at radius 3 is 2.90 bits per heavy atom. The van der Waals surface area contributed by atoms with Gasteiger partial charge in [0.2, 0.25) is 5.91 Å². The van der Waals surface area contributed by atoms with Gasteiger partial charge < -0.3 is 10.6 Å². The molecule has 0 bridgehead atoms. The summed E-state index contributed by atoms with van der Waals surface area (Å²) in [6.45, 7) is 1.54. The zero-order chi connectivity index (χ0) is 14.0. The standard InChI is InChI=1S/C16H21FN2O/c17-13-5-3-4-12(10-13)16(7-8-16)11-19-15(20)14-6-1-2-9-18-14/h3-5,10,14,18H,1-2,6-9,11H2,(H,19,20). The summed E-state index contributed by atoms with van der Waals surface area (Å²) in [5.74, 6) is -0.110. The van der Waals surface area contributed by atoms with Crippen molar-refractivity contribution in [1.29, 1.82) is 0 Å². The molecule has 1 saturated heterocycles. The Balaban J connectivity index is 1.59. The van der Waals surface area contributed by atoms with Gasteiger partial charge in [-0.2, -0.15) is 0 Å². The summed E-state index contributed by atoms with van der Waals surface area (Å²) in [4.78, 5) is 12.1. The summed E-state index contributed by atoms with van der Waals surface area (Å²) in [7, 11) is 0. The number of hydrogen-bond acceptors (Lipinski definition) is 2. The molecule has 20 heavy (non-hydrogen) atoms. The van der Waals surface area contributed by atoms with Gasteiger partial charge in [0.15, 0.2) is 0 Å². The Morgan fingerprint density at radius 1 is 1.40 bits per heavy atom. The van der Waals surface area contributed by atoms with Crippen molar-refractivity contribution < 1.29 is 9.18 Å².